The van der Waals surface area contributed by atoms with Gasteiger partial charge in [0.05, 0.1) is 18.9 Å². The Morgan fingerprint density at radius 2 is 1.74 bits per heavy atom. The third-order valence-electron chi connectivity index (χ3n) is 2.81. The summed E-state index contributed by atoms with van der Waals surface area (Å²) < 4.78 is 36.9. The number of ether oxygens (including phenoxy) is 2. The van der Waals surface area contributed by atoms with Gasteiger partial charge in [0.2, 0.25) is 0 Å². The second-order valence-electron chi connectivity index (χ2n) is 4.39. The zero-order valence-corrected chi connectivity index (χ0v) is 12.3. The number of halogens is 2. The Labute approximate surface area is 131 Å². The van der Waals surface area contributed by atoms with Gasteiger partial charge in [-0.05, 0) is 36.4 Å². The smallest absolute Gasteiger partial charge is 0.277 e. The SMILES string of the molecule is COc1ccc(OCC(=O)NN=Cc2c(F)cccc2F)cc1. The van der Waals surface area contributed by atoms with Gasteiger partial charge in [-0.3, -0.25) is 4.79 Å². The van der Waals surface area contributed by atoms with Crippen LogP contribution in [0.5, 0.6) is 11.5 Å². The van der Waals surface area contributed by atoms with Crippen LogP contribution in [0, 0.1) is 11.6 Å². The molecule has 0 aliphatic rings. The summed E-state index contributed by atoms with van der Waals surface area (Å²) >= 11 is 0. The number of nitrogens with one attached hydrogen (secondary N) is 1. The third-order valence-corrected chi connectivity index (χ3v) is 2.81. The molecule has 1 N–H and O–H groups in total. The van der Waals surface area contributed by atoms with Crippen LogP contribution in [0.1, 0.15) is 5.56 Å². The average molecular weight is 320 g/mol. The van der Waals surface area contributed by atoms with E-state index in [-0.39, 0.29) is 12.2 Å². The van der Waals surface area contributed by atoms with Gasteiger partial charge < -0.3 is 9.47 Å². The van der Waals surface area contributed by atoms with Gasteiger partial charge in [0, 0.05) is 0 Å². The molecule has 0 unspecified atom stereocenters. The molecular formula is C16H14F2N2O3. The van der Waals surface area contributed by atoms with E-state index in [9.17, 15) is 13.6 Å². The number of hydrazone groups is 1. The highest BCUT2D eigenvalue weighted by Crippen LogP contribution is 2.16. The largest absolute Gasteiger partial charge is 0.497 e. The molecule has 5 nitrogen and oxygen atoms in total. The van der Waals surface area contributed by atoms with Crippen molar-refractivity contribution in [1.29, 1.82) is 0 Å². The molecule has 0 aromatic heterocycles. The summed E-state index contributed by atoms with van der Waals surface area (Å²) in [4.78, 5) is 11.5. The number of benzene rings is 2. The molecule has 2 rings (SSSR count). The predicted octanol–water partition coefficient (Wildman–Crippen LogP) is 2.50. The Morgan fingerprint density at radius 1 is 1.13 bits per heavy atom. The minimum atomic E-state index is -0.766. The fraction of sp³-hybridized carbons (Fsp3) is 0.125. The molecule has 1 amide bonds. The van der Waals surface area contributed by atoms with E-state index in [0.717, 1.165) is 18.3 Å². The molecule has 0 aliphatic carbocycles. The summed E-state index contributed by atoms with van der Waals surface area (Å²) in [7, 11) is 1.54. The maximum Gasteiger partial charge on any atom is 0.277 e. The van der Waals surface area contributed by atoms with E-state index in [4.69, 9.17) is 9.47 Å². The van der Waals surface area contributed by atoms with Crippen LogP contribution < -0.4 is 14.9 Å². The highest BCUT2D eigenvalue weighted by Gasteiger charge is 2.06. The molecular weight excluding hydrogens is 306 g/mol. The average Bonchev–Trinajstić information content (AvgIpc) is 2.56. The van der Waals surface area contributed by atoms with Gasteiger partial charge in [-0.25, -0.2) is 14.2 Å². The molecule has 0 bridgehead atoms. The summed E-state index contributed by atoms with van der Waals surface area (Å²) in [6.45, 7) is -0.288. The van der Waals surface area contributed by atoms with Crippen LogP contribution in [-0.4, -0.2) is 25.8 Å². The van der Waals surface area contributed by atoms with Crippen molar-refractivity contribution in [2.45, 2.75) is 0 Å². The minimum Gasteiger partial charge on any atom is -0.497 e. The van der Waals surface area contributed by atoms with Crippen molar-refractivity contribution in [2.24, 2.45) is 5.10 Å². The van der Waals surface area contributed by atoms with Crippen molar-refractivity contribution in [3.63, 3.8) is 0 Å². The normalized spacial score (nSPS) is 10.6. The second kappa shape index (κ2) is 7.88. The number of hydrogen-bond donors (Lipinski definition) is 1. The number of carbonyl (C=O) groups excluding carboxylic acids is 1. The van der Waals surface area contributed by atoms with E-state index < -0.39 is 17.5 Å². The molecule has 7 heteroatoms. The Bertz CT molecular complexity index is 683. The first kappa shape index (κ1) is 16.4. The van der Waals surface area contributed by atoms with E-state index in [1.165, 1.54) is 6.07 Å². The van der Waals surface area contributed by atoms with Crippen LogP contribution in [0.4, 0.5) is 8.78 Å². The number of amides is 1. The van der Waals surface area contributed by atoms with Crippen LogP contribution in [0.2, 0.25) is 0 Å². The van der Waals surface area contributed by atoms with Gasteiger partial charge in [0.1, 0.15) is 23.1 Å². The number of rotatable bonds is 6. The first-order chi connectivity index (χ1) is 11.1. The molecule has 2 aromatic carbocycles. The lowest BCUT2D eigenvalue weighted by atomic mass is 10.2. The molecule has 0 spiro atoms. The Balaban J connectivity index is 1.84. The Kier molecular flexibility index (Phi) is 5.62. The minimum absolute atomic E-state index is 0.288. The lowest BCUT2D eigenvalue weighted by molar-refractivity contribution is -0.123. The topological polar surface area (TPSA) is 59.9 Å². The number of hydrogen-bond acceptors (Lipinski definition) is 4. The van der Waals surface area contributed by atoms with Gasteiger partial charge in [-0.15, -0.1) is 0 Å². The molecule has 0 saturated carbocycles. The molecule has 0 heterocycles. The highest BCUT2D eigenvalue weighted by molar-refractivity contribution is 5.83. The van der Waals surface area contributed by atoms with Crippen LogP contribution in [0.3, 0.4) is 0 Å². The molecule has 0 fully saturated rings. The van der Waals surface area contributed by atoms with Gasteiger partial charge in [-0.2, -0.15) is 5.10 Å². The van der Waals surface area contributed by atoms with Crippen molar-refractivity contribution in [3.05, 3.63) is 59.7 Å². The molecule has 120 valence electrons. The second-order valence-corrected chi connectivity index (χ2v) is 4.39. The predicted molar refractivity (Wildman–Crippen MR) is 80.6 cm³/mol. The monoisotopic (exact) mass is 320 g/mol. The summed E-state index contributed by atoms with van der Waals surface area (Å²) in [5.41, 5.74) is 1.80. The van der Waals surface area contributed by atoms with E-state index in [2.05, 4.69) is 10.5 Å². The van der Waals surface area contributed by atoms with Crippen LogP contribution >= 0.6 is 0 Å². The van der Waals surface area contributed by atoms with Gasteiger partial charge in [0.25, 0.3) is 5.91 Å². The third kappa shape index (κ3) is 4.77. The van der Waals surface area contributed by atoms with Crippen LogP contribution in [0.25, 0.3) is 0 Å². The number of carbonyl (C=O) groups is 1. The van der Waals surface area contributed by atoms with Crippen molar-refractivity contribution in [1.82, 2.24) is 5.43 Å². The summed E-state index contributed by atoms with van der Waals surface area (Å²) in [6.07, 6.45) is 0.899. The van der Waals surface area contributed by atoms with Crippen molar-refractivity contribution < 1.29 is 23.0 Å². The summed E-state index contributed by atoms with van der Waals surface area (Å²) in [5.74, 6) is -0.952. The van der Waals surface area contributed by atoms with E-state index in [1.807, 2.05) is 0 Å². The molecule has 0 aliphatic heterocycles. The Hall–Kier alpha value is -2.96. The molecule has 0 atom stereocenters. The standard InChI is InChI=1S/C16H14F2N2O3/c1-22-11-5-7-12(8-6-11)23-10-16(21)20-19-9-13-14(17)3-2-4-15(13)18/h2-9H,10H2,1H3,(H,20,21). The maximum absolute atomic E-state index is 13.3. The fourth-order valence-corrected chi connectivity index (χ4v) is 1.66. The van der Waals surface area contributed by atoms with E-state index in [0.29, 0.717) is 11.5 Å². The quantitative estimate of drug-likeness (QED) is 0.657. The van der Waals surface area contributed by atoms with E-state index >= 15 is 0 Å². The van der Waals surface area contributed by atoms with Crippen molar-refractivity contribution in [2.75, 3.05) is 13.7 Å². The Morgan fingerprint density at radius 3 is 2.35 bits per heavy atom. The van der Waals surface area contributed by atoms with Crippen molar-refractivity contribution in [3.8, 4) is 11.5 Å². The number of methoxy groups -OCH3 is 1. The van der Waals surface area contributed by atoms with Gasteiger partial charge in [-0.1, -0.05) is 6.07 Å². The zero-order valence-electron chi connectivity index (χ0n) is 12.3. The van der Waals surface area contributed by atoms with E-state index in [1.54, 1.807) is 31.4 Å². The summed E-state index contributed by atoms with van der Waals surface area (Å²) in [6, 6.07) is 10.1. The van der Waals surface area contributed by atoms with Gasteiger partial charge in [0.15, 0.2) is 6.61 Å². The van der Waals surface area contributed by atoms with Crippen LogP contribution in [-0.2, 0) is 4.79 Å². The molecule has 2 aromatic rings. The highest BCUT2D eigenvalue weighted by atomic mass is 19.1. The summed E-state index contributed by atoms with van der Waals surface area (Å²) in [5, 5.41) is 3.50. The first-order valence-electron chi connectivity index (χ1n) is 6.63. The molecule has 23 heavy (non-hydrogen) atoms. The number of nitrogens with zero attached hydrogens (tertiary/aromatic N) is 1. The maximum atomic E-state index is 13.3. The van der Waals surface area contributed by atoms with Crippen molar-refractivity contribution >= 4 is 12.1 Å². The first-order valence-corrected chi connectivity index (χ1v) is 6.63. The lowest BCUT2D eigenvalue weighted by Gasteiger charge is -2.06. The molecule has 0 radical (unpaired) electrons. The zero-order chi connectivity index (χ0) is 16.7. The van der Waals surface area contributed by atoms with Gasteiger partial charge >= 0.3 is 0 Å². The molecule has 0 saturated heterocycles. The lowest BCUT2D eigenvalue weighted by Crippen LogP contribution is -2.24. The fourth-order valence-electron chi connectivity index (χ4n) is 1.66. The van der Waals surface area contributed by atoms with Crippen LogP contribution in [0.15, 0.2) is 47.6 Å².